The quantitative estimate of drug-likeness (QED) is 0.687. The van der Waals surface area contributed by atoms with Gasteiger partial charge in [-0.05, 0) is 26.8 Å². The Morgan fingerprint density at radius 1 is 1.30 bits per heavy atom. The third-order valence-electron chi connectivity index (χ3n) is 2.48. The second-order valence-corrected chi connectivity index (χ2v) is 6.69. The van der Waals surface area contributed by atoms with E-state index in [9.17, 15) is 19.8 Å². The minimum atomic E-state index is -1.76. The number of carbonyl (C=O) groups is 2. The van der Waals surface area contributed by atoms with E-state index in [1.54, 1.807) is 20.8 Å². The first-order chi connectivity index (χ1) is 10.4. The van der Waals surface area contributed by atoms with Crippen molar-refractivity contribution >= 4 is 46.9 Å². The van der Waals surface area contributed by atoms with Crippen molar-refractivity contribution in [3.8, 4) is 0 Å². The second kappa shape index (κ2) is 7.53. The van der Waals surface area contributed by atoms with Crippen LogP contribution in [0.1, 0.15) is 32.4 Å². The van der Waals surface area contributed by atoms with E-state index in [2.05, 4.69) is 10.3 Å². The maximum Gasteiger partial charge on any atom is 0.408 e. The number of aromatic nitrogens is 1. The number of carbonyl (C=O) groups excluding carboxylic acids is 1. The fourth-order valence-electron chi connectivity index (χ4n) is 1.61. The van der Waals surface area contributed by atoms with Crippen molar-refractivity contribution in [1.29, 1.82) is 0 Å². The summed E-state index contributed by atoms with van der Waals surface area (Å²) in [6.45, 7) is 4.82. The van der Waals surface area contributed by atoms with Crippen molar-refractivity contribution in [2.24, 2.45) is 0 Å². The van der Waals surface area contributed by atoms with Crippen molar-refractivity contribution in [2.45, 2.75) is 38.5 Å². The first-order valence-electron chi connectivity index (χ1n) is 6.34. The smallest absolute Gasteiger partial charge is 0.408 e. The van der Waals surface area contributed by atoms with Gasteiger partial charge < -0.3 is 20.3 Å². The lowest BCUT2D eigenvalue weighted by Crippen LogP contribution is -2.47. The lowest BCUT2D eigenvalue weighted by atomic mass is 10.0. The predicted octanol–water partition coefficient (Wildman–Crippen LogP) is 3.05. The fourth-order valence-corrected chi connectivity index (χ4v) is 2.56. The van der Waals surface area contributed by atoms with E-state index >= 15 is 0 Å². The Balaban J connectivity index is 3.07. The van der Waals surface area contributed by atoms with Crippen molar-refractivity contribution in [3.05, 3.63) is 27.0 Å². The number of carboxylic acids is 1. The molecule has 128 valence electrons. The highest BCUT2D eigenvalue weighted by Gasteiger charge is 2.34. The highest BCUT2D eigenvalue weighted by molar-refractivity contribution is 6.37. The number of aliphatic hydroxyl groups excluding tert-OH is 1. The van der Waals surface area contributed by atoms with Gasteiger partial charge in [-0.2, -0.15) is 0 Å². The fraction of sp³-hybridized carbons (Fsp3) is 0.462. The second-order valence-electron chi connectivity index (χ2n) is 5.54. The zero-order valence-electron chi connectivity index (χ0n) is 12.4. The number of aliphatic hydroxyl groups is 1. The molecule has 10 heteroatoms. The molecule has 0 spiro atoms. The molecule has 1 rings (SSSR count). The van der Waals surface area contributed by atoms with Gasteiger partial charge in [0.2, 0.25) is 0 Å². The Hall–Kier alpha value is -1.28. The third kappa shape index (κ3) is 5.69. The number of carboxylic acid groups (broad SMARTS) is 1. The molecule has 3 N–H and O–H groups in total. The third-order valence-corrected chi connectivity index (χ3v) is 3.27. The molecule has 1 heterocycles. The number of nitrogens with zero attached hydrogens (tertiary/aromatic N) is 1. The number of hydrogen-bond donors (Lipinski definition) is 3. The summed E-state index contributed by atoms with van der Waals surface area (Å²) in [7, 11) is 0. The molecule has 0 aliphatic heterocycles. The lowest BCUT2D eigenvalue weighted by Gasteiger charge is -2.25. The van der Waals surface area contributed by atoms with Crippen LogP contribution < -0.4 is 5.32 Å². The number of rotatable bonds is 4. The highest BCUT2D eigenvalue weighted by Crippen LogP contribution is 2.33. The number of ether oxygens (including phenoxy) is 1. The van der Waals surface area contributed by atoms with Crippen LogP contribution in [0.15, 0.2) is 6.07 Å². The van der Waals surface area contributed by atoms with Gasteiger partial charge in [0.1, 0.15) is 22.0 Å². The SMILES string of the molecule is CC(C)(C)OC(=O)NC(C(=O)O)C(O)c1c(Cl)cc(Cl)nc1Cl. The van der Waals surface area contributed by atoms with Crippen LogP contribution >= 0.6 is 34.8 Å². The van der Waals surface area contributed by atoms with Crippen LogP contribution in [0.4, 0.5) is 4.79 Å². The summed E-state index contributed by atoms with van der Waals surface area (Å²) in [5, 5.41) is 21.1. The van der Waals surface area contributed by atoms with Gasteiger partial charge in [0.05, 0.1) is 5.02 Å². The Morgan fingerprint density at radius 3 is 2.30 bits per heavy atom. The van der Waals surface area contributed by atoms with Crippen LogP contribution in [0.2, 0.25) is 15.3 Å². The van der Waals surface area contributed by atoms with E-state index < -0.39 is 29.8 Å². The number of nitrogens with one attached hydrogen (secondary N) is 1. The number of alkyl carbamates (subject to hydrolysis) is 1. The molecule has 0 radical (unpaired) electrons. The summed E-state index contributed by atoms with van der Waals surface area (Å²) in [5.74, 6) is -1.51. The molecule has 2 unspecified atom stereocenters. The van der Waals surface area contributed by atoms with Crippen molar-refractivity contribution in [3.63, 3.8) is 0 Å². The zero-order valence-corrected chi connectivity index (χ0v) is 14.7. The van der Waals surface area contributed by atoms with Crippen LogP contribution in [0, 0.1) is 0 Å². The molecule has 0 aliphatic carbocycles. The summed E-state index contributed by atoms with van der Waals surface area (Å²) in [6.07, 6.45) is -2.78. The van der Waals surface area contributed by atoms with Crippen LogP contribution in [0.25, 0.3) is 0 Å². The Kier molecular flexibility index (Phi) is 6.47. The van der Waals surface area contributed by atoms with E-state index in [4.69, 9.17) is 39.5 Å². The van der Waals surface area contributed by atoms with E-state index in [1.807, 2.05) is 0 Å². The van der Waals surface area contributed by atoms with Crippen molar-refractivity contribution in [2.75, 3.05) is 0 Å². The average Bonchev–Trinajstić information content (AvgIpc) is 2.31. The molecule has 0 fully saturated rings. The summed E-state index contributed by atoms with van der Waals surface area (Å²) >= 11 is 17.4. The number of aliphatic carboxylic acids is 1. The van der Waals surface area contributed by atoms with Gasteiger partial charge in [-0.1, -0.05) is 34.8 Å². The minimum Gasteiger partial charge on any atom is -0.480 e. The number of amides is 1. The topological polar surface area (TPSA) is 109 Å². The van der Waals surface area contributed by atoms with E-state index in [0.29, 0.717) is 0 Å². The summed E-state index contributed by atoms with van der Waals surface area (Å²) < 4.78 is 4.96. The molecular formula is C13H15Cl3N2O5. The Labute approximate surface area is 147 Å². The summed E-state index contributed by atoms with van der Waals surface area (Å²) in [5.41, 5.74) is -1.00. The van der Waals surface area contributed by atoms with E-state index in [1.165, 1.54) is 6.07 Å². The van der Waals surface area contributed by atoms with Gasteiger partial charge in [0.15, 0.2) is 6.04 Å². The molecule has 7 nitrogen and oxygen atoms in total. The monoisotopic (exact) mass is 384 g/mol. The first kappa shape index (κ1) is 19.8. The number of hydrogen-bond acceptors (Lipinski definition) is 5. The van der Waals surface area contributed by atoms with E-state index in [0.717, 1.165) is 0 Å². The molecule has 0 aliphatic rings. The Morgan fingerprint density at radius 2 is 1.87 bits per heavy atom. The van der Waals surface area contributed by atoms with Gasteiger partial charge in [0, 0.05) is 5.56 Å². The van der Waals surface area contributed by atoms with E-state index in [-0.39, 0.29) is 20.9 Å². The predicted molar refractivity (Wildman–Crippen MR) is 85.0 cm³/mol. The molecule has 2 atom stereocenters. The molecule has 0 saturated carbocycles. The molecular weight excluding hydrogens is 371 g/mol. The Bertz CT molecular complexity index is 595. The largest absolute Gasteiger partial charge is 0.480 e. The maximum absolute atomic E-state index is 11.7. The molecule has 1 amide bonds. The lowest BCUT2D eigenvalue weighted by molar-refractivity contribution is -0.142. The molecule has 0 bridgehead atoms. The van der Waals surface area contributed by atoms with Crippen molar-refractivity contribution in [1.82, 2.24) is 10.3 Å². The summed E-state index contributed by atoms with van der Waals surface area (Å²) in [4.78, 5) is 26.8. The van der Waals surface area contributed by atoms with Crippen LogP contribution in [-0.2, 0) is 9.53 Å². The van der Waals surface area contributed by atoms with Gasteiger partial charge in [0.25, 0.3) is 0 Å². The molecule has 1 aromatic rings. The average molecular weight is 386 g/mol. The van der Waals surface area contributed by atoms with Crippen LogP contribution in [0.5, 0.6) is 0 Å². The normalized spacial score (nSPS) is 14.0. The number of pyridine rings is 1. The van der Waals surface area contributed by atoms with Crippen LogP contribution in [-0.4, -0.2) is 38.9 Å². The molecule has 0 aromatic carbocycles. The molecule has 0 saturated heterocycles. The molecule has 1 aromatic heterocycles. The summed E-state index contributed by atoms with van der Waals surface area (Å²) in [6, 6.07) is -0.553. The molecule has 23 heavy (non-hydrogen) atoms. The minimum absolute atomic E-state index is 0.0251. The standard InChI is InChI=1S/C13H15Cl3N2O5/c1-13(2,3)23-12(22)18-8(11(20)21)9(19)7-5(14)4-6(15)17-10(7)16/h4,8-9,19H,1-3H3,(H,18,22)(H,20,21). The van der Waals surface area contributed by atoms with Crippen molar-refractivity contribution < 1.29 is 24.5 Å². The first-order valence-corrected chi connectivity index (χ1v) is 7.47. The van der Waals surface area contributed by atoms with Gasteiger partial charge in [-0.3, -0.25) is 0 Å². The van der Waals surface area contributed by atoms with Gasteiger partial charge >= 0.3 is 12.1 Å². The highest BCUT2D eigenvalue weighted by atomic mass is 35.5. The van der Waals surface area contributed by atoms with Gasteiger partial charge in [-0.15, -0.1) is 0 Å². The number of halogens is 3. The zero-order chi connectivity index (χ0) is 17.9. The van der Waals surface area contributed by atoms with Crippen LogP contribution in [0.3, 0.4) is 0 Å². The maximum atomic E-state index is 11.7. The van der Waals surface area contributed by atoms with Gasteiger partial charge in [-0.25, -0.2) is 14.6 Å².